The number of methoxy groups -OCH3 is 2. The van der Waals surface area contributed by atoms with Crippen LogP contribution in [0.25, 0.3) is 0 Å². The molecule has 0 aliphatic carbocycles. The second-order valence-corrected chi connectivity index (χ2v) is 6.90. The largest absolute Gasteiger partial charge is 0.493 e. The fourth-order valence-electron chi connectivity index (χ4n) is 3.24. The van der Waals surface area contributed by atoms with Gasteiger partial charge >= 0.3 is 0 Å². The fraction of sp³-hybridized carbons (Fsp3) is 0.611. The first-order chi connectivity index (χ1) is 12.1. The summed E-state index contributed by atoms with van der Waals surface area (Å²) in [6, 6.07) is 4.59. The van der Waals surface area contributed by atoms with E-state index in [9.17, 15) is 0 Å². The van der Waals surface area contributed by atoms with E-state index >= 15 is 0 Å². The second kappa shape index (κ2) is 11.9. The molecule has 6 nitrogen and oxygen atoms in total. The molecule has 148 valence electrons. The van der Waals surface area contributed by atoms with Gasteiger partial charge in [-0.15, -0.1) is 24.0 Å². The van der Waals surface area contributed by atoms with Gasteiger partial charge in [-0.3, -0.25) is 9.89 Å². The summed E-state index contributed by atoms with van der Waals surface area (Å²) in [5.41, 5.74) is 1.09. The van der Waals surface area contributed by atoms with Crippen LogP contribution < -0.4 is 20.1 Å². The van der Waals surface area contributed by atoms with Gasteiger partial charge < -0.3 is 20.1 Å². The molecule has 8 heteroatoms. The number of aliphatic imine (C=N–C) groups is 1. The van der Waals surface area contributed by atoms with Gasteiger partial charge in [-0.1, -0.05) is 6.92 Å². The monoisotopic (exact) mass is 540 g/mol. The number of likely N-dealkylation sites (tertiary alicyclic amines) is 1. The average molecular weight is 541 g/mol. The van der Waals surface area contributed by atoms with E-state index in [4.69, 9.17) is 9.47 Å². The molecule has 1 atom stereocenters. The SMILES string of the molecule is CCN1CCCC1CNC(=NC)NCc1cc(Br)c(OC)c(OC)c1.I. The quantitative estimate of drug-likeness (QED) is 0.316. The van der Waals surface area contributed by atoms with E-state index in [1.54, 1.807) is 21.3 Å². The summed E-state index contributed by atoms with van der Waals surface area (Å²) < 4.78 is 11.6. The second-order valence-electron chi connectivity index (χ2n) is 6.04. The summed E-state index contributed by atoms with van der Waals surface area (Å²) in [5, 5.41) is 6.80. The van der Waals surface area contributed by atoms with Gasteiger partial charge in [0.25, 0.3) is 0 Å². The minimum Gasteiger partial charge on any atom is -0.493 e. The molecular formula is C18H30BrIN4O2. The molecule has 0 aromatic heterocycles. The molecule has 1 aromatic rings. The van der Waals surface area contributed by atoms with Gasteiger partial charge in [-0.2, -0.15) is 0 Å². The van der Waals surface area contributed by atoms with Crippen molar-refractivity contribution in [3.05, 3.63) is 22.2 Å². The highest BCUT2D eigenvalue weighted by Gasteiger charge is 2.22. The van der Waals surface area contributed by atoms with Crippen LogP contribution in [0.2, 0.25) is 0 Å². The lowest BCUT2D eigenvalue weighted by Gasteiger charge is -2.24. The first kappa shape index (κ1) is 23.3. The molecular weight excluding hydrogens is 511 g/mol. The molecule has 0 bridgehead atoms. The van der Waals surface area contributed by atoms with Crippen LogP contribution in [-0.4, -0.2) is 57.8 Å². The van der Waals surface area contributed by atoms with Crippen molar-refractivity contribution in [2.24, 2.45) is 4.99 Å². The molecule has 1 unspecified atom stereocenters. The van der Waals surface area contributed by atoms with Gasteiger partial charge in [0.2, 0.25) is 0 Å². The van der Waals surface area contributed by atoms with E-state index in [0.29, 0.717) is 24.1 Å². The number of rotatable bonds is 7. The average Bonchev–Trinajstić information content (AvgIpc) is 3.08. The lowest BCUT2D eigenvalue weighted by atomic mass is 10.2. The zero-order valence-electron chi connectivity index (χ0n) is 16.0. The minimum atomic E-state index is 0. The summed E-state index contributed by atoms with van der Waals surface area (Å²) in [6.45, 7) is 6.11. The summed E-state index contributed by atoms with van der Waals surface area (Å²) in [5.74, 6) is 2.23. The van der Waals surface area contributed by atoms with Crippen molar-refractivity contribution in [2.45, 2.75) is 32.4 Å². The van der Waals surface area contributed by atoms with Crippen molar-refractivity contribution in [2.75, 3.05) is 40.9 Å². The topological polar surface area (TPSA) is 58.1 Å². The highest BCUT2D eigenvalue weighted by molar-refractivity contribution is 14.0. The van der Waals surface area contributed by atoms with Crippen LogP contribution in [-0.2, 0) is 6.54 Å². The Kier molecular flexibility index (Phi) is 10.6. The Bertz CT molecular complexity index is 601. The molecule has 1 saturated heterocycles. The number of hydrogen-bond donors (Lipinski definition) is 2. The zero-order valence-corrected chi connectivity index (χ0v) is 19.9. The van der Waals surface area contributed by atoms with E-state index in [1.165, 1.54) is 19.4 Å². The number of hydrogen-bond acceptors (Lipinski definition) is 4. The first-order valence-corrected chi connectivity index (χ1v) is 9.51. The number of nitrogens with one attached hydrogen (secondary N) is 2. The normalized spacial score (nSPS) is 17.6. The van der Waals surface area contributed by atoms with E-state index in [-0.39, 0.29) is 24.0 Å². The Balaban J connectivity index is 0.00000338. The predicted molar refractivity (Wildman–Crippen MR) is 121 cm³/mol. The molecule has 1 aliphatic rings. The van der Waals surface area contributed by atoms with Gasteiger partial charge in [0.05, 0.1) is 18.7 Å². The molecule has 1 heterocycles. The Morgan fingerprint density at radius 1 is 1.31 bits per heavy atom. The molecule has 0 amide bonds. The summed E-state index contributed by atoms with van der Waals surface area (Å²) in [7, 11) is 5.07. The van der Waals surface area contributed by atoms with Crippen LogP contribution in [0.3, 0.4) is 0 Å². The smallest absolute Gasteiger partial charge is 0.191 e. The van der Waals surface area contributed by atoms with Crippen LogP contribution in [0.1, 0.15) is 25.3 Å². The van der Waals surface area contributed by atoms with Crippen molar-refractivity contribution in [1.29, 1.82) is 0 Å². The molecule has 26 heavy (non-hydrogen) atoms. The van der Waals surface area contributed by atoms with Crippen LogP contribution in [0.5, 0.6) is 11.5 Å². The summed E-state index contributed by atoms with van der Waals surface area (Å²) in [4.78, 5) is 6.84. The van der Waals surface area contributed by atoms with Crippen LogP contribution in [0.4, 0.5) is 0 Å². The third-order valence-electron chi connectivity index (χ3n) is 4.59. The van der Waals surface area contributed by atoms with E-state index in [1.807, 2.05) is 12.1 Å². The van der Waals surface area contributed by atoms with Gasteiger partial charge in [-0.25, -0.2) is 0 Å². The highest BCUT2D eigenvalue weighted by Crippen LogP contribution is 2.36. The van der Waals surface area contributed by atoms with E-state index in [0.717, 1.165) is 29.1 Å². The Morgan fingerprint density at radius 2 is 2.08 bits per heavy atom. The molecule has 1 aromatic carbocycles. The molecule has 0 saturated carbocycles. The molecule has 2 N–H and O–H groups in total. The van der Waals surface area contributed by atoms with Crippen molar-refractivity contribution < 1.29 is 9.47 Å². The maximum absolute atomic E-state index is 5.40. The summed E-state index contributed by atoms with van der Waals surface area (Å²) >= 11 is 3.53. The van der Waals surface area contributed by atoms with Gasteiger partial charge in [0.1, 0.15) is 0 Å². The Hall–Kier alpha value is -0.740. The van der Waals surface area contributed by atoms with Crippen molar-refractivity contribution >= 4 is 45.9 Å². The Labute approximate surface area is 182 Å². The predicted octanol–water partition coefficient (Wildman–Crippen LogP) is 3.23. The number of likely N-dealkylation sites (N-methyl/N-ethyl adjacent to an activating group) is 1. The van der Waals surface area contributed by atoms with Crippen molar-refractivity contribution in [1.82, 2.24) is 15.5 Å². The van der Waals surface area contributed by atoms with Crippen LogP contribution >= 0.6 is 39.9 Å². The number of benzene rings is 1. The van der Waals surface area contributed by atoms with Gasteiger partial charge in [-0.05, 0) is 59.6 Å². The van der Waals surface area contributed by atoms with Crippen molar-refractivity contribution in [3.63, 3.8) is 0 Å². The Morgan fingerprint density at radius 3 is 2.69 bits per heavy atom. The van der Waals surface area contributed by atoms with Crippen molar-refractivity contribution in [3.8, 4) is 11.5 Å². The van der Waals surface area contributed by atoms with Gasteiger partial charge in [0.15, 0.2) is 17.5 Å². The molecule has 1 fully saturated rings. The highest BCUT2D eigenvalue weighted by atomic mass is 127. The number of nitrogens with zero attached hydrogens (tertiary/aromatic N) is 2. The van der Waals surface area contributed by atoms with Crippen LogP contribution in [0.15, 0.2) is 21.6 Å². The molecule has 0 radical (unpaired) electrons. The fourth-order valence-corrected chi connectivity index (χ4v) is 3.89. The lowest BCUT2D eigenvalue weighted by molar-refractivity contribution is 0.267. The summed E-state index contributed by atoms with van der Waals surface area (Å²) in [6.07, 6.45) is 2.53. The zero-order chi connectivity index (χ0) is 18.2. The third-order valence-corrected chi connectivity index (χ3v) is 5.18. The number of halogens is 2. The lowest BCUT2D eigenvalue weighted by Crippen LogP contribution is -2.44. The standard InChI is InChI=1S/C18H29BrN4O2.HI/c1-5-23-8-6-7-14(23)12-22-18(20-2)21-11-13-9-15(19)17(25-4)16(10-13)24-3;/h9-10,14H,5-8,11-12H2,1-4H3,(H2,20,21,22);1H. The maximum atomic E-state index is 5.40. The number of guanidine groups is 1. The maximum Gasteiger partial charge on any atom is 0.191 e. The first-order valence-electron chi connectivity index (χ1n) is 8.71. The minimum absolute atomic E-state index is 0. The van der Waals surface area contributed by atoms with Gasteiger partial charge in [0, 0.05) is 26.2 Å². The molecule has 0 spiro atoms. The van der Waals surface area contributed by atoms with E-state index < -0.39 is 0 Å². The number of ether oxygens (including phenoxy) is 2. The molecule has 2 rings (SSSR count). The molecule has 1 aliphatic heterocycles. The van der Waals surface area contributed by atoms with Crippen LogP contribution in [0, 0.1) is 0 Å². The van der Waals surface area contributed by atoms with E-state index in [2.05, 4.69) is 43.4 Å². The third kappa shape index (κ3) is 6.16.